The zero-order valence-corrected chi connectivity index (χ0v) is 17.0. The van der Waals surface area contributed by atoms with Gasteiger partial charge in [0.2, 0.25) is 0 Å². The van der Waals surface area contributed by atoms with Gasteiger partial charge in [0.15, 0.2) is 11.5 Å². The number of hydrogen-bond donors (Lipinski definition) is 2. The van der Waals surface area contributed by atoms with E-state index in [2.05, 4.69) is 5.32 Å². The van der Waals surface area contributed by atoms with Crippen LogP contribution in [0.15, 0.2) is 78.9 Å². The zero-order valence-electron chi connectivity index (χ0n) is 17.0. The summed E-state index contributed by atoms with van der Waals surface area (Å²) in [5.41, 5.74) is 3.00. The first-order valence-corrected chi connectivity index (χ1v) is 10.1. The van der Waals surface area contributed by atoms with Crippen LogP contribution in [0, 0.1) is 0 Å². The monoisotopic (exact) mass is 391 g/mol. The summed E-state index contributed by atoms with van der Waals surface area (Å²) < 4.78 is 11.9. The van der Waals surface area contributed by atoms with Gasteiger partial charge in [-0.2, -0.15) is 0 Å². The predicted octanol–water partition coefficient (Wildman–Crippen LogP) is 4.88. The standard InChI is InChI=1S/C25H29NO3/c1-3-28-23-16-10-15-22(25(23)29-18-20-11-6-4-7-12-20)17-26-19(2)24(27)21-13-8-5-9-14-21/h4-16,19,24,26-27H,3,17-18H2,1-2H3/t19-,24+/m0/s1. The highest BCUT2D eigenvalue weighted by molar-refractivity contribution is 5.47. The van der Waals surface area contributed by atoms with E-state index < -0.39 is 6.10 Å². The minimum atomic E-state index is -0.583. The molecule has 0 aromatic heterocycles. The second-order valence-corrected chi connectivity index (χ2v) is 6.98. The van der Waals surface area contributed by atoms with E-state index in [1.165, 1.54) is 0 Å². The van der Waals surface area contributed by atoms with Crippen molar-refractivity contribution in [3.63, 3.8) is 0 Å². The molecule has 3 aromatic rings. The van der Waals surface area contributed by atoms with Crippen LogP contribution in [0.3, 0.4) is 0 Å². The Morgan fingerprint density at radius 1 is 0.862 bits per heavy atom. The molecule has 0 saturated carbocycles. The predicted molar refractivity (Wildman–Crippen MR) is 116 cm³/mol. The van der Waals surface area contributed by atoms with Gasteiger partial charge in [0.25, 0.3) is 0 Å². The quantitative estimate of drug-likeness (QED) is 0.517. The van der Waals surface area contributed by atoms with E-state index >= 15 is 0 Å². The molecule has 152 valence electrons. The molecular formula is C25H29NO3. The van der Waals surface area contributed by atoms with E-state index in [1.807, 2.05) is 92.7 Å². The fourth-order valence-electron chi connectivity index (χ4n) is 3.18. The van der Waals surface area contributed by atoms with Crippen LogP contribution in [0.5, 0.6) is 11.5 Å². The SMILES string of the molecule is CCOc1cccc(CN[C@@H](C)[C@@H](O)c2ccccc2)c1OCc1ccccc1. The highest BCUT2D eigenvalue weighted by Gasteiger charge is 2.17. The largest absolute Gasteiger partial charge is 0.490 e. The molecule has 4 nitrogen and oxygen atoms in total. The fraction of sp³-hybridized carbons (Fsp3) is 0.280. The van der Waals surface area contributed by atoms with Crippen molar-refractivity contribution in [2.75, 3.05) is 6.61 Å². The van der Waals surface area contributed by atoms with Gasteiger partial charge in [-0.15, -0.1) is 0 Å². The molecule has 0 heterocycles. The Bertz CT molecular complexity index is 868. The molecule has 3 aromatic carbocycles. The van der Waals surface area contributed by atoms with Crippen molar-refractivity contribution < 1.29 is 14.6 Å². The molecule has 0 aliphatic rings. The highest BCUT2D eigenvalue weighted by atomic mass is 16.5. The van der Waals surface area contributed by atoms with Crippen LogP contribution in [-0.4, -0.2) is 17.8 Å². The number of ether oxygens (including phenoxy) is 2. The molecule has 3 rings (SSSR count). The topological polar surface area (TPSA) is 50.7 Å². The summed E-state index contributed by atoms with van der Waals surface area (Å²) in [6.45, 7) is 5.55. The van der Waals surface area contributed by atoms with Crippen molar-refractivity contribution in [1.82, 2.24) is 5.32 Å². The Labute approximate surface area is 173 Å². The van der Waals surface area contributed by atoms with Crippen molar-refractivity contribution in [3.05, 3.63) is 95.6 Å². The summed E-state index contributed by atoms with van der Waals surface area (Å²) in [6, 6.07) is 25.6. The third-order valence-electron chi connectivity index (χ3n) is 4.82. The molecule has 0 bridgehead atoms. The summed E-state index contributed by atoms with van der Waals surface area (Å²) in [5, 5.41) is 14.0. The molecule has 2 atom stereocenters. The van der Waals surface area contributed by atoms with Gasteiger partial charge in [-0.25, -0.2) is 0 Å². The molecule has 0 unspecified atom stereocenters. The lowest BCUT2D eigenvalue weighted by atomic mass is 10.0. The molecule has 0 aliphatic carbocycles. The first-order valence-electron chi connectivity index (χ1n) is 10.1. The van der Waals surface area contributed by atoms with E-state index in [9.17, 15) is 5.11 Å². The van der Waals surface area contributed by atoms with Crippen molar-refractivity contribution in [2.24, 2.45) is 0 Å². The Balaban J connectivity index is 1.71. The Morgan fingerprint density at radius 2 is 1.55 bits per heavy atom. The second kappa shape index (κ2) is 10.6. The lowest BCUT2D eigenvalue weighted by Crippen LogP contribution is -2.31. The van der Waals surface area contributed by atoms with Crippen molar-refractivity contribution in [3.8, 4) is 11.5 Å². The van der Waals surface area contributed by atoms with Gasteiger partial charge >= 0.3 is 0 Å². The van der Waals surface area contributed by atoms with Crippen molar-refractivity contribution >= 4 is 0 Å². The molecule has 0 fully saturated rings. The van der Waals surface area contributed by atoms with Crippen LogP contribution in [0.4, 0.5) is 0 Å². The van der Waals surface area contributed by atoms with Gasteiger partial charge in [-0.1, -0.05) is 72.8 Å². The maximum absolute atomic E-state index is 10.6. The third kappa shape index (κ3) is 5.83. The lowest BCUT2D eigenvalue weighted by molar-refractivity contribution is 0.135. The minimum absolute atomic E-state index is 0.116. The molecule has 4 heteroatoms. The Hall–Kier alpha value is -2.82. The third-order valence-corrected chi connectivity index (χ3v) is 4.82. The van der Waals surface area contributed by atoms with Gasteiger partial charge in [0.1, 0.15) is 6.61 Å². The molecule has 0 aliphatic heterocycles. The number of aliphatic hydroxyl groups is 1. The molecule has 0 spiro atoms. The lowest BCUT2D eigenvalue weighted by Gasteiger charge is -2.22. The number of nitrogens with one attached hydrogen (secondary N) is 1. The number of benzene rings is 3. The highest BCUT2D eigenvalue weighted by Crippen LogP contribution is 2.32. The van der Waals surface area contributed by atoms with Crippen LogP contribution >= 0.6 is 0 Å². The van der Waals surface area contributed by atoms with Crippen LogP contribution in [0.2, 0.25) is 0 Å². The molecule has 0 radical (unpaired) electrons. The number of rotatable bonds is 10. The number of aliphatic hydroxyl groups excluding tert-OH is 1. The van der Waals surface area contributed by atoms with Crippen LogP contribution in [-0.2, 0) is 13.2 Å². The van der Waals surface area contributed by atoms with Gasteiger partial charge in [0.05, 0.1) is 12.7 Å². The van der Waals surface area contributed by atoms with E-state index in [0.717, 1.165) is 28.2 Å². The van der Waals surface area contributed by atoms with Gasteiger partial charge in [-0.05, 0) is 31.0 Å². The number of hydrogen-bond acceptors (Lipinski definition) is 4. The molecule has 2 N–H and O–H groups in total. The summed E-state index contributed by atoms with van der Waals surface area (Å²) in [6.07, 6.45) is -0.583. The molecule has 29 heavy (non-hydrogen) atoms. The maximum atomic E-state index is 10.6. The number of para-hydroxylation sites is 1. The van der Waals surface area contributed by atoms with E-state index in [4.69, 9.17) is 9.47 Å². The van der Waals surface area contributed by atoms with E-state index in [-0.39, 0.29) is 6.04 Å². The smallest absolute Gasteiger partial charge is 0.166 e. The Kier molecular flexibility index (Phi) is 7.68. The average Bonchev–Trinajstić information content (AvgIpc) is 2.77. The maximum Gasteiger partial charge on any atom is 0.166 e. The minimum Gasteiger partial charge on any atom is -0.490 e. The van der Waals surface area contributed by atoms with Gasteiger partial charge < -0.3 is 19.9 Å². The molecule has 0 saturated heterocycles. The summed E-state index contributed by atoms with van der Waals surface area (Å²) >= 11 is 0. The van der Waals surface area contributed by atoms with E-state index in [0.29, 0.717) is 19.8 Å². The first-order chi connectivity index (χ1) is 14.2. The summed E-state index contributed by atoms with van der Waals surface area (Å²) in [7, 11) is 0. The fourth-order valence-corrected chi connectivity index (χ4v) is 3.18. The molecular weight excluding hydrogens is 362 g/mol. The van der Waals surface area contributed by atoms with Crippen LogP contribution in [0.1, 0.15) is 36.6 Å². The van der Waals surface area contributed by atoms with Crippen molar-refractivity contribution in [2.45, 2.75) is 39.1 Å². The van der Waals surface area contributed by atoms with E-state index in [1.54, 1.807) is 0 Å². The van der Waals surface area contributed by atoms with Crippen LogP contribution < -0.4 is 14.8 Å². The molecule has 0 amide bonds. The van der Waals surface area contributed by atoms with Crippen molar-refractivity contribution in [1.29, 1.82) is 0 Å². The normalized spacial score (nSPS) is 12.9. The average molecular weight is 392 g/mol. The summed E-state index contributed by atoms with van der Waals surface area (Å²) in [5.74, 6) is 1.48. The Morgan fingerprint density at radius 3 is 2.24 bits per heavy atom. The summed E-state index contributed by atoms with van der Waals surface area (Å²) in [4.78, 5) is 0. The van der Waals surface area contributed by atoms with Gasteiger partial charge in [0, 0.05) is 18.2 Å². The zero-order chi connectivity index (χ0) is 20.5. The van der Waals surface area contributed by atoms with Gasteiger partial charge in [-0.3, -0.25) is 0 Å². The second-order valence-electron chi connectivity index (χ2n) is 6.98. The first kappa shape index (κ1) is 20.9. The van der Waals surface area contributed by atoms with Crippen LogP contribution in [0.25, 0.3) is 0 Å².